The first-order valence-corrected chi connectivity index (χ1v) is 6.65. The number of alkyl halides is 3. The van der Waals surface area contributed by atoms with E-state index < -0.39 is 17.2 Å². The van der Waals surface area contributed by atoms with Crippen LogP contribution in [0.3, 0.4) is 0 Å². The van der Waals surface area contributed by atoms with E-state index in [9.17, 15) is 13.2 Å². The van der Waals surface area contributed by atoms with Crippen LogP contribution in [-0.4, -0.2) is 4.98 Å². The van der Waals surface area contributed by atoms with Crippen molar-refractivity contribution in [2.75, 3.05) is 0 Å². The summed E-state index contributed by atoms with van der Waals surface area (Å²) in [6.07, 6.45) is -2.32. The first-order valence-electron chi connectivity index (χ1n) is 5.83. The van der Waals surface area contributed by atoms with Crippen LogP contribution in [0.25, 0.3) is 0 Å². The number of hydrogen-bond acceptors (Lipinski definition) is 3. The average Bonchev–Trinajstić information content (AvgIpc) is 2.79. The molecule has 0 fully saturated rings. The van der Waals surface area contributed by atoms with E-state index in [1.54, 1.807) is 0 Å². The zero-order valence-electron chi connectivity index (χ0n) is 9.82. The lowest BCUT2D eigenvalue weighted by Crippen LogP contribution is -2.28. The minimum Gasteiger partial charge on any atom is -0.323 e. The smallest absolute Gasteiger partial charge is 0.323 e. The lowest BCUT2D eigenvalue weighted by molar-refractivity contribution is -0.137. The summed E-state index contributed by atoms with van der Waals surface area (Å²) in [5.41, 5.74) is 8.44. The van der Waals surface area contributed by atoms with Gasteiger partial charge >= 0.3 is 6.18 Å². The van der Waals surface area contributed by atoms with Gasteiger partial charge in [0.1, 0.15) is 0 Å². The Morgan fingerprint density at radius 3 is 2.68 bits per heavy atom. The maximum Gasteiger partial charge on any atom is 0.443 e. The Morgan fingerprint density at radius 2 is 2.05 bits per heavy atom. The minimum absolute atomic E-state index is 0.0951. The van der Waals surface area contributed by atoms with Gasteiger partial charge in [-0.05, 0) is 17.5 Å². The molecule has 0 aliphatic heterocycles. The van der Waals surface area contributed by atoms with Crippen LogP contribution in [0.2, 0.25) is 0 Å². The van der Waals surface area contributed by atoms with Gasteiger partial charge in [0, 0.05) is 23.0 Å². The summed E-state index contributed by atoms with van der Waals surface area (Å²) in [5.74, 6) is 0.0951. The normalized spacial score (nSPS) is 19.7. The number of nitrogens with zero attached hydrogens (tertiary/aromatic N) is 1. The fraction of sp³-hybridized carbons (Fsp3) is 0.308. The molecule has 0 saturated heterocycles. The number of benzene rings is 1. The van der Waals surface area contributed by atoms with Crippen LogP contribution in [0.4, 0.5) is 13.2 Å². The van der Waals surface area contributed by atoms with Gasteiger partial charge in [-0.3, -0.25) is 0 Å². The Labute approximate surface area is 112 Å². The Balaban J connectivity index is 1.83. The Bertz CT molecular complexity index is 606. The summed E-state index contributed by atoms with van der Waals surface area (Å²) < 4.78 is 37.5. The van der Waals surface area contributed by atoms with Crippen LogP contribution in [-0.2, 0) is 12.6 Å². The van der Waals surface area contributed by atoms with Crippen LogP contribution < -0.4 is 5.73 Å². The molecule has 2 aromatic rings. The van der Waals surface area contributed by atoms with Gasteiger partial charge in [0.05, 0.1) is 0 Å². The highest BCUT2D eigenvalue weighted by molar-refractivity contribution is 7.11. The van der Waals surface area contributed by atoms with Crippen molar-refractivity contribution < 1.29 is 13.2 Å². The van der Waals surface area contributed by atoms with Crippen LogP contribution >= 0.6 is 11.3 Å². The minimum atomic E-state index is -4.39. The molecular formula is C13H11F3N2S. The van der Waals surface area contributed by atoms with E-state index in [4.69, 9.17) is 5.73 Å². The molecule has 0 bridgehead atoms. The molecule has 2 unspecified atom stereocenters. The molecular weight excluding hydrogens is 273 g/mol. The summed E-state index contributed by atoms with van der Waals surface area (Å²) >= 11 is 0.639. The van der Waals surface area contributed by atoms with E-state index in [0.29, 0.717) is 16.2 Å². The third-order valence-electron chi connectivity index (χ3n) is 3.42. The largest absolute Gasteiger partial charge is 0.443 e. The van der Waals surface area contributed by atoms with Crippen molar-refractivity contribution in [3.8, 4) is 0 Å². The number of hydrogen-bond donors (Lipinski definition) is 1. The van der Waals surface area contributed by atoms with Gasteiger partial charge in [-0.25, -0.2) is 4.98 Å². The summed E-state index contributed by atoms with van der Waals surface area (Å²) in [6, 6.07) is 7.46. The number of fused-ring (bicyclic) bond motifs is 1. The van der Waals surface area contributed by atoms with Gasteiger partial charge in [-0.2, -0.15) is 13.2 Å². The Kier molecular flexibility index (Phi) is 2.87. The summed E-state index contributed by atoms with van der Waals surface area (Å²) in [7, 11) is 0. The van der Waals surface area contributed by atoms with Crippen molar-refractivity contribution in [2.45, 2.75) is 24.6 Å². The van der Waals surface area contributed by atoms with Crippen molar-refractivity contribution in [3.63, 3.8) is 0 Å². The molecule has 100 valence electrons. The predicted molar refractivity (Wildman–Crippen MR) is 66.9 cm³/mol. The molecule has 1 heterocycles. The molecule has 2 N–H and O–H groups in total. The second-order valence-electron chi connectivity index (χ2n) is 4.60. The maximum atomic E-state index is 12.5. The quantitative estimate of drug-likeness (QED) is 0.916. The first-order chi connectivity index (χ1) is 8.97. The third-order valence-corrected chi connectivity index (χ3v) is 4.57. The zero-order chi connectivity index (χ0) is 13.6. The molecule has 3 rings (SSSR count). The molecule has 0 saturated carbocycles. The number of aromatic nitrogens is 1. The van der Waals surface area contributed by atoms with E-state index in [0.717, 1.165) is 12.0 Å². The fourth-order valence-corrected chi connectivity index (χ4v) is 3.24. The lowest BCUT2D eigenvalue weighted by atomic mass is 9.73. The van der Waals surface area contributed by atoms with Crippen LogP contribution in [0, 0.1) is 0 Å². The van der Waals surface area contributed by atoms with Crippen LogP contribution in [0.15, 0.2) is 30.5 Å². The molecule has 2 atom stereocenters. The topological polar surface area (TPSA) is 38.9 Å². The Morgan fingerprint density at radius 1 is 1.32 bits per heavy atom. The predicted octanol–water partition coefficient (Wildman–Crippen LogP) is 3.50. The van der Waals surface area contributed by atoms with Crippen molar-refractivity contribution in [1.82, 2.24) is 4.98 Å². The molecule has 1 aromatic heterocycles. The maximum absolute atomic E-state index is 12.5. The summed E-state index contributed by atoms with van der Waals surface area (Å²) in [6.45, 7) is 0. The van der Waals surface area contributed by atoms with Gasteiger partial charge in [-0.1, -0.05) is 24.3 Å². The van der Waals surface area contributed by atoms with E-state index >= 15 is 0 Å². The lowest BCUT2D eigenvalue weighted by Gasteiger charge is -2.34. The molecule has 2 nitrogen and oxygen atoms in total. The number of thiazole rings is 1. The molecule has 0 radical (unpaired) electrons. The highest BCUT2D eigenvalue weighted by atomic mass is 32.1. The monoisotopic (exact) mass is 284 g/mol. The highest BCUT2D eigenvalue weighted by Gasteiger charge is 2.37. The van der Waals surface area contributed by atoms with E-state index in [-0.39, 0.29) is 5.92 Å². The molecule has 1 aliphatic rings. The molecule has 0 spiro atoms. The number of rotatable bonds is 2. The van der Waals surface area contributed by atoms with Crippen molar-refractivity contribution in [2.24, 2.45) is 5.73 Å². The fourth-order valence-electron chi connectivity index (χ4n) is 2.39. The molecule has 1 aromatic carbocycles. The van der Waals surface area contributed by atoms with Crippen LogP contribution in [0.1, 0.15) is 33.0 Å². The number of halogens is 3. The average molecular weight is 284 g/mol. The zero-order valence-corrected chi connectivity index (χ0v) is 10.6. The second-order valence-corrected chi connectivity index (χ2v) is 5.66. The number of nitrogens with two attached hydrogens (primary N) is 1. The van der Waals surface area contributed by atoms with E-state index in [1.165, 1.54) is 11.8 Å². The second kappa shape index (κ2) is 4.31. The van der Waals surface area contributed by atoms with E-state index in [1.807, 2.05) is 24.3 Å². The Hall–Kier alpha value is -1.40. The van der Waals surface area contributed by atoms with Gasteiger partial charge in [0.2, 0.25) is 0 Å². The highest BCUT2D eigenvalue weighted by Crippen LogP contribution is 2.44. The molecule has 0 amide bonds. The molecule has 1 aliphatic carbocycles. The molecule has 6 heteroatoms. The van der Waals surface area contributed by atoms with Gasteiger partial charge < -0.3 is 5.73 Å². The van der Waals surface area contributed by atoms with Crippen molar-refractivity contribution in [1.29, 1.82) is 0 Å². The standard InChI is InChI=1S/C13H11F3N2S/c14-13(15,16)12-18-6-10(19-12)11(17)9-5-7-3-1-2-4-8(7)9/h1-4,6,9,11H,5,17H2. The summed E-state index contributed by atoms with van der Waals surface area (Å²) in [4.78, 5) is 3.91. The van der Waals surface area contributed by atoms with Crippen molar-refractivity contribution in [3.05, 3.63) is 51.5 Å². The molecule has 19 heavy (non-hydrogen) atoms. The van der Waals surface area contributed by atoms with Crippen LogP contribution in [0.5, 0.6) is 0 Å². The summed E-state index contributed by atoms with van der Waals surface area (Å²) in [5, 5.41) is -0.828. The van der Waals surface area contributed by atoms with Gasteiger partial charge in [0.15, 0.2) is 5.01 Å². The SMILES string of the molecule is NC(c1cnc(C(F)(F)F)s1)C1Cc2ccccc21. The van der Waals surface area contributed by atoms with Gasteiger partial charge in [0.25, 0.3) is 0 Å². The third kappa shape index (κ3) is 2.15. The van der Waals surface area contributed by atoms with E-state index in [2.05, 4.69) is 4.98 Å². The van der Waals surface area contributed by atoms with Gasteiger partial charge in [-0.15, -0.1) is 11.3 Å². The van der Waals surface area contributed by atoms with Crippen molar-refractivity contribution >= 4 is 11.3 Å². The first kappa shape index (κ1) is 12.6.